The molecule has 16 heavy (non-hydrogen) atoms. The van der Waals surface area contributed by atoms with Gasteiger partial charge >= 0.3 is 0 Å². The summed E-state index contributed by atoms with van der Waals surface area (Å²) < 4.78 is 0. The highest BCUT2D eigenvalue weighted by atomic mass is 32.2. The van der Waals surface area contributed by atoms with Crippen LogP contribution < -0.4 is 10.6 Å². The SMILES string of the molecule is CCNC(=O)CN(CC)C1CNCC1SC. The van der Waals surface area contributed by atoms with E-state index in [0.29, 0.717) is 24.4 Å². The van der Waals surface area contributed by atoms with E-state index in [-0.39, 0.29) is 5.91 Å². The molecule has 0 aliphatic carbocycles. The monoisotopic (exact) mass is 245 g/mol. The number of nitrogens with zero attached hydrogens (tertiary/aromatic N) is 1. The molecule has 1 rings (SSSR count). The van der Waals surface area contributed by atoms with Gasteiger partial charge in [-0.25, -0.2) is 0 Å². The van der Waals surface area contributed by atoms with E-state index in [2.05, 4.69) is 28.7 Å². The van der Waals surface area contributed by atoms with Crippen LogP contribution in [0, 0.1) is 0 Å². The first kappa shape index (κ1) is 13.8. The highest BCUT2D eigenvalue weighted by Gasteiger charge is 2.31. The molecule has 0 aromatic rings. The number of carbonyl (C=O) groups is 1. The minimum Gasteiger partial charge on any atom is -0.355 e. The molecule has 2 unspecified atom stereocenters. The summed E-state index contributed by atoms with van der Waals surface area (Å²) in [6.07, 6.45) is 2.14. The van der Waals surface area contributed by atoms with Crippen molar-refractivity contribution in [3.63, 3.8) is 0 Å². The molecule has 2 atom stereocenters. The van der Waals surface area contributed by atoms with Crippen LogP contribution in [-0.4, -0.2) is 61.1 Å². The Morgan fingerprint density at radius 3 is 2.81 bits per heavy atom. The average molecular weight is 245 g/mol. The van der Waals surface area contributed by atoms with Gasteiger partial charge in [-0.2, -0.15) is 11.8 Å². The second-order valence-electron chi connectivity index (χ2n) is 4.02. The number of likely N-dealkylation sites (N-methyl/N-ethyl adjacent to an activating group) is 2. The lowest BCUT2D eigenvalue weighted by atomic mass is 10.2. The minimum atomic E-state index is 0.135. The highest BCUT2D eigenvalue weighted by molar-refractivity contribution is 7.99. The van der Waals surface area contributed by atoms with Crippen LogP contribution in [0.1, 0.15) is 13.8 Å². The van der Waals surface area contributed by atoms with E-state index in [1.807, 2.05) is 18.7 Å². The van der Waals surface area contributed by atoms with Crippen molar-refractivity contribution in [2.75, 3.05) is 39.0 Å². The predicted octanol–water partition coefficient (Wildman–Crippen LogP) is 0.148. The van der Waals surface area contributed by atoms with Gasteiger partial charge < -0.3 is 10.6 Å². The number of hydrogen-bond donors (Lipinski definition) is 2. The molecule has 4 nitrogen and oxygen atoms in total. The van der Waals surface area contributed by atoms with Crippen LogP contribution in [0.15, 0.2) is 0 Å². The Kier molecular flexibility index (Phi) is 6.16. The van der Waals surface area contributed by atoms with E-state index >= 15 is 0 Å². The van der Waals surface area contributed by atoms with E-state index in [4.69, 9.17) is 0 Å². The van der Waals surface area contributed by atoms with Gasteiger partial charge in [0, 0.05) is 30.9 Å². The molecular weight excluding hydrogens is 222 g/mol. The standard InChI is InChI=1S/C11H23N3OS/c1-4-13-11(15)8-14(5-2)9-6-12-7-10(9)16-3/h9-10,12H,4-8H2,1-3H3,(H,13,15). The summed E-state index contributed by atoms with van der Waals surface area (Å²) in [6.45, 7) is 8.29. The van der Waals surface area contributed by atoms with E-state index in [1.165, 1.54) is 0 Å². The Balaban J connectivity index is 2.49. The van der Waals surface area contributed by atoms with Crippen molar-refractivity contribution in [3.05, 3.63) is 0 Å². The number of hydrogen-bond acceptors (Lipinski definition) is 4. The Labute approximate surface area is 103 Å². The van der Waals surface area contributed by atoms with Gasteiger partial charge in [-0.1, -0.05) is 6.92 Å². The van der Waals surface area contributed by atoms with Crippen LogP contribution >= 0.6 is 11.8 Å². The molecule has 94 valence electrons. The summed E-state index contributed by atoms with van der Waals surface area (Å²) in [4.78, 5) is 13.9. The van der Waals surface area contributed by atoms with Crippen LogP contribution in [0.25, 0.3) is 0 Å². The van der Waals surface area contributed by atoms with Gasteiger partial charge in [0.05, 0.1) is 6.54 Å². The molecule has 1 fully saturated rings. The Hall–Kier alpha value is -0.260. The van der Waals surface area contributed by atoms with Crippen molar-refractivity contribution < 1.29 is 4.79 Å². The van der Waals surface area contributed by atoms with Crippen molar-refractivity contribution in [2.24, 2.45) is 0 Å². The van der Waals surface area contributed by atoms with Crippen molar-refractivity contribution >= 4 is 17.7 Å². The molecule has 1 saturated heterocycles. The zero-order valence-corrected chi connectivity index (χ0v) is 11.3. The van der Waals surface area contributed by atoms with Crippen LogP contribution in [0.2, 0.25) is 0 Å². The third kappa shape index (κ3) is 3.64. The van der Waals surface area contributed by atoms with E-state index < -0.39 is 0 Å². The topological polar surface area (TPSA) is 44.4 Å². The fourth-order valence-corrected chi connectivity index (χ4v) is 3.01. The van der Waals surface area contributed by atoms with Gasteiger partial charge in [-0.15, -0.1) is 0 Å². The molecule has 0 aromatic heterocycles. The first-order chi connectivity index (χ1) is 7.72. The largest absolute Gasteiger partial charge is 0.355 e. The maximum absolute atomic E-state index is 11.6. The zero-order chi connectivity index (χ0) is 12.0. The van der Waals surface area contributed by atoms with Gasteiger partial charge in [0.25, 0.3) is 0 Å². The van der Waals surface area contributed by atoms with Gasteiger partial charge in [0.15, 0.2) is 0 Å². The van der Waals surface area contributed by atoms with Gasteiger partial charge in [-0.05, 0) is 19.7 Å². The number of thioether (sulfide) groups is 1. The molecule has 1 aliphatic heterocycles. The van der Waals surface area contributed by atoms with Crippen LogP contribution in [0.4, 0.5) is 0 Å². The van der Waals surface area contributed by atoms with Crippen molar-refractivity contribution in [1.82, 2.24) is 15.5 Å². The fraction of sp³-hybridized carbons (Fsp3) is 0.909. The predicted molar refractivity (Wildman–Crippen MR) is 69.9 cm³/mol. The van der Waals surface area contributed by atoms with E-state index in [1.54, 1.807) is 0 Å². The lowest BCUT2D eigenvalue weighted by molar-refractivity contribution is -0.122. The molecule has 5 heteroatoms. The van der Waals surface area contributed by atoms with Crippen LogP contribution in [0.3, 0.4) is 0 Å². The number of carbonyl (C=O) groups excluding carboxylic acids is 1. The van der Waals surface area contributed by atoms with E-state index in [9.17, 15) is 4.79 Å². The zero-order valence-electron chi connectivity index (χ0n) is 10.5. The van der Waals surface area contributed by atoms with Crippen molar-refractivity contribution in [3.8, 4) is 0 Å². The van der Waals surface area contributed by atoms with Crippen LogP contribution in [0.5, 0.6) is 0 Å². The second kappa shape index (κ2) is 7.14. The first-order valence-corrected chi connectivity index (χ1v) is 7.25. The molecule has 0 saturated carbocycles. The maximum Gasteiger partial charge on any atom is 0.234 e. The molecular formula is C11H23N3OS. The lowest BCUT2D eigenvalue weighted by Gasteiger charge is -2.30. The third-order valence-electron chi connectivity index (χ3n) is 3.03. The molecule has 1 amide bonds. The maximum atomic E-state index is 11.6. The summed E-state index contributed by atoms with van der Waals surface area (Å²) >= 11 is 1.89. The Morgan fingerprint density at radius 1 is 1.50 bits per heavy atom. The van der Waals surface area contributed by atoms with Crippen LogP contribution in [-0.2, 0) is 4.79 Å². The summed E-state index contributed by atoms with van der Waals surface area (Å²) in [7, 11) is 0. The quantitative estimate of drug-likeness (QED) is 0.699. The minimum absolute atomic E-state index is 0.135. The molecule has 0 spiro atoms. The molecule has 2 N–H and O–H groups in total. The number of nitrogens with one attached hydrogen (secondary N) is 2. The van der Waals surface area contributed by atoms with Gasteiger partial charge in [0.2, 0.25) is 5.91 Å². The fourth-order valence-electron chi connectivity index (χ4n) is 2.15. The summed E-state index contributed by atoms with van der Waals surface area (Å²) in [5.74, 6) is 0.135. The third-order valence-corrected chi connectivity index (χ3v) is 4.11. The lowest BCUT2D eigenvalue weighted by Crippen LogP contribution is -2.47. The average Bonchev–Trinajstić information content (AvgIpc) is 2.74. The molecule has 0 bridgehead atoms. The molecule has 1 heterocycles. The number of rotatable bonds is 6. The van der Waals surface area contributed by atoms with E-state index in [0.717, 1.165) is 19.6 Å². The van der Waals surface area contributed by atoms with Gasteiger partial charge in [0.1, 0.15) is 0 Å². The van der Waals surface area contributed by atoms with Gasteiger partial charge in [-0.3, -0.25) is 9.69 Å². The Morgan fingerprint density at radius 2 is 2.25 bits per heavy atom. The number of amides is 1. The van der Waals surface area contributed by atoms with Crippen molar-refractivity contribution in [2.45, 2.75) is 25.1 Å². The first-order valence-electron chi connectivity index (χ1n) is 5.97. The normalized spacial score (nSPS) is 25.0. The summed E-state index contributed by atoms with van der Waals surface area (Å²) in [6, 6.07) is 0.489. The molecule has 1 aliphatic rings. The second-order valence-corrected chi connectivity index (χ2v) is 5.09. The molecule has 0 aromatic carbocycles. The Bertz CT molecular complexity index is 225. The molecule has 0 radical (unpaired) electrons. The van der Waals surface area contributed by atoms with Crippen molar-refractivity contribution in [1.29, 1.82) is 0 Å². The highest BCUT2D eigenvalue weighted by Crippen LogP contribution is 2.19. The summed E-state index contributed by atoms with van der Waals surface area (Å²) in [5.41, 5.74) is 0. The summed E-state index contributed by atoms with van der Waals surface area (Å²) in [5, 5.41) is 6.86. The smallest absolute Gasteiger partial charge is 0.234 e.